The zero-order valence-electron chi connectivity index (χ0n) is 12.7. The molecule has 0 bridgehead atoms. The minimum Gasteiger partial charge on any atom is -0.545 e. The molecule has 8 heteroatoms. The van der Waals surface area contributed by atoms with Crippen LogP contribution in [0.2, 0.25) is 6.04 Å². The smallest absolute Gasteiger partial charge is 0.341 e. The van der Waals surface area contributed by atoms with Gasteiger partial charge in [0.05, 0.1) is 19.2 Å². The van der Waals surface area contributed by atoms with Gasteiger partial charge in [0, 0.05) is 0 Å². The highest BCUT2D eigenvalue weighted by atomic mass is 35.8. The summed E-state index contributed by atoms with van der Waals surface area (Å²) >= 11 is 17.5. The average Bonchev–Trinajstić information content (AvgIpc) is 2.45. The van der Waals surface area contributed by atoms with E-state index in [0.29, 0.717) is 36.3 Å². The van der Waals surface area contributed by atoms with Gasteiger partial charge in [-0.2, -0.15) is 0 Å². The van der Waals surface area contributed by atoms with Crippen molar-refractivity contribution in [3.63, 3.8) is 0 Å². The summed E-state index contributed by atoms with van der Waals surface area (Å²) in [5.41, 5.74) is 0.682. The molecule has 1 aromatic rings. The number of ether oxygens (including phenoxy) is 2. The van der Waals surface area contributed by atoms with Crippen molar-refractivity contribution in [2.75, 3.05) is 13.2 Å². The number of carbonyl (C=O) groups excluding carboxylic acids is 1. The van der Waals surface area contributed by atoms with Crippen LogP contribution in [0.5, 0.6) is 11.5 Å². The van der Waals surface area contributed by atoms with E-state index in [4.69, 9.17) is 42.7 Å². The molecule has 0 aliphatic rings. The van der Waals surface area contributed by atoms with Crippen molar-refractivity contribution in [2.24, 2.45) is 0 Å². The van der Waals surface area contributed by atoms with Crippen LogP contribution in [0.1, 0.15) is 25.3 Å². The van der Waals surface area contributed by atoms with Crippen LogP contribution in [0, 0.1) is 0 Å². The van der Waals surface area contributed by atoms with Crippen molar-refractivity contribution in [1.82, 2.24) is 0 Å². The third kappa shape index (κ3) is 9.10. The Morgan fingerprint density at radius 2 is 1.96 bits per heavy atom. The lowest BCUT2D eigenvalue weighted by Crippen LogP contribution is -2.18. The highest BCUT2D eigenvalue weighted by molar-refractivity contribution is 7.64. The third-order valence-electron chi connectivity index (χ3n) is 2.79. The van der Waals surface area contributed by atoms with Gasteiger partial charge < -0.3 is 19.4 Å². The number of rotatable bonds is 10. The van der Waals surface area contributed by atoms with Gasteiger partial charge in [0.2, 0.25) is 0 Å². The Bertz CT molecular complexity index is 544. The number of hydrogen-bond donors (Lipinski definition) is 0. The number of hydrogen-bond acceptors (Lipinski definition) is 4. The van der Waals surface area contributed by atoms with E-state index < -0.39 is 12.0 Å². The summed E-state index contributed by atoms with van der Waals surface area (Å²) in [4.78, 5) is 10.5. The number of carbonyl (C=O) groups is 1. The minimum atomic E-state index is -2.57. The van der Waals surface area contributed by atoms with Crippen molar-refractivity contribution < 1.29 is 19.4 Å². The quantitative estimate of drug-likeness (QED) is 0.262. The molecular formula is C15H18Cl3O4Si-. The molecule has 0 N–H and O–H groups in total. The van der Waals surface area contributed by atoms with Crippen molar-refractivity contribution in [3.05, 3.63) is 29.8 Å². The van der Waals surface area contributed by atoms with Crippen LogP contribution in [-0.4, -0.2) is 25.2 Å². The van der Waals surface area contributed by atoms with Gasteiger partial charge in [-0.05, 0) is 49.6 Å². The lowest BCUT2D eigenvalue weighted by Gasteiger charge is -2.13. The Morgan fingerprint density at radius 1 is 1.22 bits per heavy atom. The van der Waals surface area contributed by atoms with Gasteiger partial charge in [-0.15, -0.1) is 33.2 Å². The molecule has 0 amide bonds. The molecule has 0 fully saturated rings. The van der Waals surface area contributed by atoms with Crippen LogP contribution in [0.25, 0.3) is 6.08 Å². The minimum absolute atomic E-state index is 0.461. The van der Waals surface area contributed by atoms with Gasteiger partial charge in [-0.3, -0.25) is 0 Å². The summed E-state index contributed by atoms with van der Waals surface area (Å²) in [6, 6.07) is 3.21. The highest BCUT2D eigenvalue weighted by Gasteiger charge is 2.23. The number of carboxylic acid groups (broad SMARTS) is 1. The van der Waals surface area contributed by atoms with E-state index >= 15 is 0 Å². The Labute approximate surface area is 151 Å². The molecule has 0 saturated heterocycles. The summed E-state index contributed by atoms with van der Waals surface area (Å²) in [5.74, 6) is -0.0930. The SMILES string of the molecule is CCOc1ccc(/C=C/C(=O)[O-])cc1OCCCC[Si](Cl)(Cl)Cl. The first-order valence-electron chi connectivity index (χ1n) is 7.17. The van der Waals surface area contributed by atoms with Crippen LogP contribution >= 0.6 is 33.2 Å². The second kappa shape index (κ2) is 10.1. The van der Waals surface area contributed by atoms with Gasteiger partial charge in [0.25, 0.3) is 0 Å². The zero-order valence-corrected chi connectivity index (χ0v) is 16.0. The first kappa shape index (κ1) is 20.2. The number of carboxylic acids is 1. The normalized spacial score (nSPS) is 11.7. The third-order valence-corrected chi connectivity index (χ3v) is 5.41. The Balaban J connectivity index is 2.65. The van der Waals surface area contributed by atoms with Gasteiger partial charge in [-0.1, -0.05) is 12.1 Å². The molecule has 0 unspecified atom stereocenters. The first-order chi connectivity index (χ1) is 10.8. The monoisotopic (exact) mass is 395 g/mol. The number of benzene rings is 1. The maximum Gasteiger partial charge on any atom is 0.341 e. The molecule has 4 nitrogen and oxygen atoms in total. The molecule has 128 valence electrons. The van der Waals surface area contributed by atoms with Crippen LogP contribution in [0.4, 0.5) is 0 Å². The highest BCUT2D eigenvalue weighted by Crippen LogP contribution is 2.30. The van der Waals surface area contributed by atoms with E-state index in [0.717, 1.165) is 18.9 Å². The summed E-state index contributed by atoms with van der Waals surface area (Å²) in [6.45, 7) is 2.84. The maximum absolute atomic E-state index is 10.5. The van der Waals surface area contributed by atoms with Crippen LogP contribution < -0.4 is 14.6 Å². The van der Waals surface area contributed by atoms with Crippen LogP contribution in [0.3, 0.4) is 0 Å². The molecule has 1 rings (SSSR count). The molecule has 0 aliphatic heterocycles. The fraction of sp³-hybridized carbons (Fsp3) is 0.400. The van der Waals surface area contributed by atoms with E-state index in [1.54, 1.807) is 18.2 Å². The summed E-state index contributed by atoms with van der Waals surface area (Å²) in [7, 11) is 0. The van der Waals surface area contributed by atoms with Crippen LogP contribution in [-0.2, 0) is 4.79 Å². The molecule has 0 heterocycles. The van der Waals surface area contributed by atoms with E-state index in [-0.39, 0.29) is 0 Å². The van der Waals surface area contributed by atoms with Gasteiger partial charge in [0.1, 0.15) is 0 Å². The summed E-state index contributed by atoms with van der Waals surface area (Å²) in [5, 5.41) is 10.5. The molecule has 0 radical (unpaired) electrons. The van der Waals surface area contributed by atoms with Gasteiger partial charge >= 0.3 is 6.00 Å². The Morgan fingerprint density at radius 3 is 2.57 bits per heavy atom. The average molecular weight is 397 g/mol. The van der Waals surface area contributed by atoms with E-state index in [1.165, 1.54) is 6.08 Å². The Kier molecular flexibility index (Phi) is 8.84. The second-order valence-electron chi connectivity index (χ2n) is 4.71. The molecule has 1 aromatic carbocycles. The lowest BCUT2D eigenvalue weighted by atomic mass is 10.2. The molecule has 0 aromatic heterocycles. The van der Waals surface area contributed by atoms with E-state index in [9.17, 15) is 9.90 Å². The number of unbranched alkanes of at least 4 members (excludes halogenated alkanes) is 1. The largest absolute Gasteiger partial charge is 0.545 e. The fourth-order valence-corrected chi connectivity index (χ4v) is 3.64. The standard InChI is InChI=1S/C15H19Cl3O4Si/c1-2-21-13-7-5-12(6-8-15(19)20)11-14(13)22-9-3-4-10-23(16,17)18/h5-8,11H,2-4,9-10H2,1H3,(H,19,20)/p-1/b8-6+. The number of aliphatic carboxylic acids is 1. The topological polar surface area (TPSA) is 58.6 Å². The molecule has 0 atom stereocenters. The summed E-state index contributed by atoms with van der Waals surface area (Å²) < 4.78 is 11.2. The van der Waals surface area contributed by atoms with E-state index in [1.807, 2.05) is 6.92 Å². The van der Waals surface area contributed by atoms with Gasteiger partial charge in [-0.25, -0.2) is 0 Å². The maximum atomic E-state index is 10.5. The fourth-order valence-electron chi connectivity index (χ4n) is 1.79. The predicted molar refractivity (Wildman–Crippen MR) is 94.5 cm³/mol. The molecular weight excluding hydrogens is 379 g/mol. The zero-order chi connectivity index (χ0) is 17.3. The molecule has 23 heavy (non-hydrogen) atoms. The molecule has 0 spiro atoms. The van der Waals surface area contributed by atoms with Crippen LogP contribution in [0.15, 0.2) is 24.3 Å². The predicted octanol–water partition coefficient (Wildman–Crippen LogP) is 3.66. The first-order valence-corrected chi connectivity index (χ1v) is 12.4. The molecule has 0 aliphatic carbocycles. The number of halogens is 3. The van der Waals surface area contributed by atoms with Gasteiger partial charge in [0.15, 0.2) is 11.5 Å². The Hall–Kier alpha value is -0.883. The lowest BCUT2D eigenvalue weighted by molar-refractivity contribution is -0.297. The van der Waals surface area contributed by atoms with Crippen molar-refractivity contribution in [3.8, 4) is 11.5 Å². The van der Waals surface area contributed by atoms with Crippen molar-refractivity contribution in [1.29, 1.82) is 0 Å². The molecule has 0 saturated carbocycles. The summed E-state index contributed by atoms with van der Waals surface area (Å²) in [6.07, 6.45) is 3.93. The van der Waals surface area contributed by atoms with Crippen molar-refractivity contribution >= 4 is 51.3 Å². The van der Waals surface area contributed by atoms with Crippen molar-refractivity contribution in [2.45, 2.75) is 25.8 Å². The van der Waals surface area contributed by atoms with E-state index in [2.05, 4.69) is 0 Å². The second-order valence-corrected chi connectivity index (χ2v) is 14.0.